The molecule has 6 heteroatoms. The van der Waals surface area contributed by atoms with Crippen LogP contribution >= 0.6 is 23.5 Å². The second-order valence-electron chi connectivity index (χ2n) is 5.87. The van der Waals surface area contributed by atoms with Gasteiger partial charge in [0, 0.05) is 31.1 Å². The van der Waals surface area contributed by atoms with E-state index >= 15 is 0 Å². The van der Waals surface area contributed by atoms with Crippen LogP contribution in [0, 0.1) is 0 Å². The molecule has 0 unspecified atom stereocenters. The first-order valence-electron chi connectivity index (χ1n) is 8.22. The van der Waals surface area contributed by atoms with E-state index in [-0.39, 0.29) is 0 Å². The van der Waals surface area contributed by atoms with Crippen molar-refractivity contribution < 1.29 is 0 Å². The van der Waals surface area contributed by atoms with E-state index in [9.17, 15) is 0 Å². The summed E-state index contributed by atoms with van der Waals surface area (Å²) in [4.78, 5) is 11.6. The second-order valence-corrected chi connectivity index (χ2v) is 7.67. The zero-order chi connectivity index (χ0) is 16.2. The minimum atomic E-state index is 0.786. The maximum Gasteiger partial charge on any atom is 0.167 e. The number of nitrogens with zero attached hydrogens (tertiary/aromatic N) is 3. The molecule has 4 rings (SSSR count). The van der Waals surface area contributed by atoms with E-state index in [0.29, 0.717) is 0 Å². The largest absolute Gasteiger partial charge is 0.361 e. The zero-order valence-corrected chi connectivity index (χ0v) is 15.1. The fourth-order valence-electron chi connectivity index (χ4n) is 2.84. The van der Waals surface area contributed by atoms with E-state index in [0.717, 1.165) is 43.5 Å². The molecule has 4 nitrogen and oxygen atoms in total. The summed E-state index contributed by atoms with van der Waals surface area (Å²) in [7, 11) is 0. The molecule has 1 N–H and O–H groups in total. The fourth-order valence-corrected chi connectivity index (χ4v) is 4.76. The molecule has 3 aliphatic heterocycles. The van der Waals surface area contributed by atoms with Gasteiger partial charge >= 0.3 is 0 Å². The number of rotatable bonds is 3. The number of hydrogen-bond acceptors (Lipinski definition) is 6. The third kappa shape index (κ3) is 3.70. The van der Waals surface area contributed by atoms with Crippen LogP contribution in [-0.2, 0) is 0 Å². The van der Waals surface area contributed by atoms with Gasteiger partial charge in [-0.15, -0.1) is 0 Å². The van der Waals surface area contributed by atoms with Gasteiger partial charge in [0.2, 0.25) is 0 Å². The Morgan fingerprint density at radius 3 is 3.00 bits per heavy atom. The lowest BCUT2D eigenvalue weighted by molar-refractivity contribution is 0.491. The van der Waals surface area contributed by atoms with Gasteiger partial charge in [-0.05, 0) is 23.0 Å². The Balaban J connectivity index is 1.32. The minimum absolute atomic E-state index is 0.786. The van der Waals surface area contributed by atoms with Crippen LogP contribution in [0.25, 0.3) is 6.08 Å². The number of fused-ring (bicyclic) bond motifs is 1. The Morgan fingerprint density at radius 2 is 2.17 bits per heavy atom. The number of amidine groups is 2. The van der Waals surface area contributed by atoms with Crippen molar-refractivity contribution in [3.05, 3.63) is 52.6 Å². The van der Waals surface area contributed by atoms with Gasteiger partial charge in [0.25, 0.3) is 0 Å². The lowest BCUT2D eigenvalue weighted by Gasteiger charge is -2.25. The first-order chi connectivity index (χ1) is 11.9. The van der Waals surface area contributed by atoms with Crippen LogP contribution in [0.4, 0.5) is 0 Å². The molecule has 0 saturated carbocycles. The van der Waals surface area contributed by atoms with Gasteiger partial charge in [-0.3, -0.25) is 9.98 Å². The number of hydrogen-bond donors (Lipinski definition) is 1. The fraction of sp³-hybridized carbons (Fsp3) is 0.333. The molecule has 0 atom stereocenters. The van der Waals surface area contributed by atoms with E-state index in [1.165, 1.54) is 22.0 Å². The van der Waals surface area contributed by atoms with Crippen molar-refractivity contribution in [1.82, 2.24) is 10.2 Å². The molecule has 3 heterocycles. The maximum atomic E-state index is 4.69. The highest BCUT2D eigenvalue weighted by atomic mass is 32.2. The number of benzene rings is 1. The Hall–Kier alpha value is -1.66. The van der Waals surface area contributed by atoms with Gasteiger partial charge in [0.05, 0.1) is 6.54 Å². The Kier molecular flexibility index (Phi) is 4.94. The van der Waals surface area contributed by atoms with Gasteiger partial charge in [0.15, 0.2) is 10.3 Å². The Morgan fingerprint density at radius 1 is 1.25 bits per heavy atom. The third-order valence-corrected chi connectivity index (χ3v) is 6.02. The molecule has 0 aromatic heterocycles. The number of nitrogens with one attached hydrogen (secondary N) is 1. The van der Waals surface area contributed by atoms with Gasteiger partial charge < -0.3 is 10.2 Å². The zero-order valence-electron chi connectivity index (χ0n) is 13.4. The standard InChI is InChI=1S/C18H20N4S2/c1-2-5-14(6-3-1)9-15-10-20-17(21-11-15)23-12-16-13-24-18-19-7-4-8-22(16)18/h1-3,5-6,9,13H,4,7-8,10-12H2,(H,20,21). The highest BCUT2D eigenvalue weighted by Crippen LogP contribution is 2.31. The summed E-state index contributed by atoms with van der Waals surface area (Å²) in [6.45, 7) is 3.74. The Labute approximate surface area is 151 Å². The normalized spacial score (nSPS) is 21.8. The van der Waals surface area contributed by atoms with Gasteiger partial charge in [-0.2, -0.15) is 0 Å². The summed E-state index contributed by atoms with van der Waals surface area (Å²) in [5, 5.41) is 7.90. The van der Waals surface area contributed by atoms with E-state index in [4.69, 9.17) is 0 Å². The minimum Gasteiger partial charge on any atom is -0.361 e. The predicted molar refractivity (Wildman–Crippen MR) is 106 cm³/mol. The summed E-state index contributed by atoms with van der Waals surface area (Å²) >= 11 is 3.55. The van der Waals surface area contributed by atoms with E-state index in [2.05, 4.69) is 56.0 Å². The van der Waals surface area contributed by atoms with Crippen LogP contribution in [0.15, 0.2) is 57.0 Å². The smallest absolute Gasteiger partial charge is 0.167 e. The molecule has 0 aliphatic carbocycles. The van der Waals surface area contributed by atoms with Crippen LogP contribution in [0.3, 0.4) is 0 Å². The lowest BCUT2D eigenvalue weighted by atomic mass is 10.1. The molecular weight excluding hydrogens is 336 g/mol. The van der Waals surface area contributed by atoms with E-state index in [1.54, 1.807) is 23.5 Å². The monoisotopic (exact) mass is 356 g/mol. The molecule has 0 radical (unpaired) electrons. The van der Waals surface area contributed by atoms with Crippen molar-refractivity contribution in [3.63, 3.8) is 0 Å². The van der Waals surface area contributed by atoms with Crippen LogP contribution in [0.2, 0.25) is 0 Å². The molecule has 24 heavy (non-hydrogen) atoms. The molecule has 124 valence electrons. The molecule has 0 fully saturated rings. The number of thioether (sulfide) groups is 2. The first kappa shape index (κ1) is 15.8. The highest BCUT2D eigenvalue weighted by Gasteiger charge is 2.25. The van der Waals surface area contributed by atoms with E-state index < -0.39 is 0 Å². The predicted octanol–water partition coefficient (Wildman–Crippen LogP) is 3.41. The lowest BCUT2D eigenvalue weighted by Crippen LogP contribution is -2.32. The molecule has 1 aromatic carbocycles. The van der Waals surface area contributed by atoms with Gasteiger partial charge in [0.1, 0.15) is 0 Å². The Bertz CT molecular complexity index is 722. The van der Waals surface area contributed by atoms with Gasteiger partial charge in [-0.1, -0.05) is 59.9 Å². The average Bonchev–Trinajstić information content (AvgIpc) is 3.05. The van der Waals surface area contributed by atoms with Crippen molar-refractivity contribution in [2.45, 2.75) is 6.42 Å². The summed E-state index contributed by atoms with van der Waals surface area (Å²) in [5.41, 5.74) is 3.93. The van der Waals surface area contributed by atoms with Crippen LogP contribution in [0.1, 0.15) is 12.0 Å². The molecule has 0 spiro atoms. The highest BCUT2D eigenvalue weighted by molar-refractivity contribution is 8.17. The third-order valence-electron chi connectivity index (χ3n) is 4.08. The molecule has 3 aliphatic rings. The molecule has 0 amide bonds. The molecule has 0 saturated heterocycles. The molecule has 1 aromatic rings. The van der Waals surface area contributed by atoms with Crippen LogP contribution < -0.4 is 5.32 Å². The molecule has 0 bridgehead atoms. The SMILES string of the molecule is C1=C(CSC2=NC/C(=C/c3ccccc3)CN2)N2CCCN=C2S1. The summed E-state index contributed by atoms with van der Waals surface area (Å²) in [6, 6.07) is 10.4. The van der Waals surface area contributed by atoms with Crippen LogP contribution in [-0.4, -0.2) is 47.2 Å². The summed E-state index contributed by atoms with van der Waals surface area (Å²) < 4.78 is 0. The van der Waals surface area contributed by atoms with Gasteiger partial charge in [-0.25, -0.2) is 0 Å². The van der Waals surface area contributed by atoms with Crippen molar-refractivity contribution >= 4 is 39.9 Å². The van der Waals surface area contributed by atoms with Crippen molar-refractivity contribution in [3.8, 4) is 0 Å². The maximum absolute atomic E-state index is 4.69. The van der Waals surface area contributed by atoms with Crippen molar-refractivity contribution in [2.24, 2.45) is 9.98 Å². The quantitative estimate of drug-likeness (QED) is 0.901. The van der Waals surface area contributed by atoms with Crippen LogP contribution in [0.5, 0.6) is 0 Å². The summed E-state index contributed by atoms with van der Waals surface area (Å²) in [6.07, 6.45) is 3.38. The average molecular weight is 357 g/mol. The number of aliphatic imine (C=N–C) groups is 2. The topological polar surface area (TPSA) is 40.0 Å². The van der Waals surface area contributed by atoms with Crippen molar-refractivity contribution in [1.29, 1.82) is 0 Å². The summed E-state index contributed by atoms with van der Waals surface area (Å²) in [5.74, 6) is 0.954. The second kappa shape index (κ2) is 7.49. The van der Waals surface area contributed by atoms with Crippen molar-refractivity contribution in [2.75, 3.05) is 31.9 Å². The first-order valence-corrected chi connectivity index (χ1v) is 10.1. The van der Waals surface area contributed by atoms with E-state index in [1.807, 2.05) is 6.07 Å². The molecular formula is C18H20N4S2.